The second-order valence-corrected chi connectivity index (χ2v) is 6.96. The average molecular weight is 384 g/mol. The molecule has 1 N–H and O–H groups in total. The number of rotatable bonds is 5. The molecule has 0 aliphatic carbocycles. The highest BCUT2D eigenvalue weighted by molar-refractivity contribution is 8.00. The molecule has 2 rings (SSSR count). The van der Waals surface area contributed by atoms with E-state index >= 15 is 0 Å². The van der Waals surface area contributed by atoms with Crippen LogP contribution in [0.4, 0.5) is 24.5 Å². The van der Waals surface area contributed by atoms with Gasteiger partial charge in [0.2, 0.25) is 5.91 Å². The van der Waals surface area contributed by atoms with Gasteiger partial charge in [0.25, 0.3) is 5.69 Å². The van der Waals surface area contributed by atoms with E-state index in [2.05, 4.69) is 5.32 Å². The van der Waals surface area contributed by atoms with Gasteiger partial charge in [0.05, 0.1) is 21.4 Å². The molecule has 0 aliphatic heterocycles. The molecule has 2 aromatic carbocycles. The first-order chi connectivity index (χ1) is 12.1. The van der Waals surface area contributed by atoms with Crippen LogP contribution < -0.4 is 5.32 Å². The molecule has 1 atom stereocenters. The fourth-order valence-corrected chi connectivity index (χ4v) is 2.97. The maximum absolute atomic E-state index is 13.1. The SMILES string of the molecule is Cc1ccc(S[C@@H](C)C(=O)Nc2ccc([N+](=O)[O-])cc2C(F)(F)F)cc1. The maximum atomic E-state index is 13.1. The second-order valence-electron chi connectivity index (χ2n) is 5.55. The number of alkyl halides is 3. The van der Waals surface area contributed by atoms with Crippen LogP contribution in [0.3, 0.4) is 0 Å². The summed E-state index contributed by atoms with van der Waals surface area (Å²) in [5.41, 5.74) is -1.42. The van der Waals surface area contributed by atoms with E-state index < -0.39 is 39.2 Å². The molecule has 138 valence electrons. The molecular formula is C17H15F3N2O3S. The zero-order chi connectivity index (χ0) is 19.5. The number of carbonyl (C=O) groups is 1. The van der Waals surface area contributed by atoms with E-state index in [-0.39, 0.29) is 0 Å². The Kier molecular flexibility index (Phi) is 5.91. The Morgan fingerprint density at radius 3 is 2.35 bits per heavy atom. The molecule has 0 spiro atoms. The second kappa shape index (κ2) is 7.77. The van der Waals surface area contributed by atoms with Gasteiger partial charge in [0.15, 0.2) is 0 Å². The van der Waals surface area contributed by atoms with Crippen LogP contribution >= 0.6 is 11.8 Å². The highest BCUT2D eigenvalue weighted by atomic mass is 32.2. The first-order valence-corrected chi connectivity index (χ1v) is 8.35. The maximum Gasteiger partial charge on any atom is 0.418 e. The Morgan fingerprint density at radius 1 is 1.19 bits per heavy atom. The lowest BCUT2D eigenvalue weighted by molar-refractivity contribution is -0.385. The van der Waals surface area contributed by atoms with Gasteiger partial charge in [0, 0.05) is 17.0 Å². The van der Waals surface area contributed by atoms with Gasteiger partial charge < -0.3 is 5.32 Å². The van der Waals surface area contributed by atoms with Gasteiger partial charge in [-0.3, -0.25) is 14.9 Å². The predicted octanol–water partition coefficient (Wildman–Crippen LogP) is 5.04. The molecule has 0 bridgehead atoms. The highest BCUT2D eigenvalue weighted by Crippen LogP contribution is 2.37. The van der Waals surface area contributed by atoms with Gasteiger partial charge in [-0.15, -0.1) is 11.8 Å². The first kappa shape index (κ1) is 19.8. The largest absolute Gasteiger partial charge is 0.418 e. The van der Waals surface area contributed by atoms with E-state index in [9.17, 15) is 28.1 Å². The van der Waals surface area contributed by atoms with Crippen molar-refractivity contribution >= 4 is 29.0 Å². The molecule has 0 saturated carbocycles. The zero-order valence-corrected chi connectivity index (χ0v) is 14.6. The van der Waals surface area contributed by atoms with E-state index in [1.54, 1.807) is 6.92 Å². The van der Waals surface area contributed by atoms with Gasteiger partial charge in [-0.2, -0.15) is 13.2 Å². The van der Waals surface area contributed by atoms with Gasteiger partial charge in [-0.25, -0.2) is 0 Å². The Hall–Kier alpha value is -2.55. The molecule has 0 heterocycles. The summed E-state index contributed by atoms with van der Waals surface area (Å²) in [4.78, 5) is 22.8. The van der Waals surface area contributed by atoms with Crippen molar-refractivity contribution in [3.63, 3.8) is 0 Å². The van der Waals surface area contributed by atoms with E-state index in [0.717, 1.165) is 22.6 Å². The Balaban J connectivity index is 2.19. The standard InChI is InChI=1S/C17H15F3N2O3S/c1-10-3-6-13(7-4-10)26-11(2)16(23)21-15-8-5-12(22(24)25)9-14(15)17(18,19)20/h3-9,11H,1-2H3,(H,21,23)/t11-/m0/s1. The summed E-state index contributed by atoms with van der Waals surface area (Å²) in [6.07, 6.45) is -4.83. The number of aryl methyl sites for hydroxylation is 1. The van der Waals surface area contributed by atoms with E-state index in [0.29, 0.717) is 6.07 Å². The molecule has 2 aromatic rings. The molecule has 0 fully saturated rings. The number of hydrogen-bond donors (Lipinski definition) is 1. The number of carbonyl (C=O) groups excluding carboxylic acids is 1. The van der Waals surface area contributed by atoms with Crippen LogP contribution in [-0.4, -0.2) is 16.1 Å². The predicted molar refractivity (Wildman–Crippen MR) is 93.2 cm³/mol. The normalized spacial score (nSPS) is 12.5. The fraction of sp³-hybridized carbons (Fsp3) is 0.235. The number of anilines is 1. The quantitative estimate of drug-likeness (QED) is 0.445. The number of hydrogen-bond acceptors (Lipinski definition) is 4. The Morgan fingerprint density at radius 2 is 1.81 bits per heavy atom. The smallest absolute Gasteiger partial charge is 0.325 e. The number of benzene rings is 2. The molecule has 9 heteroatoms. The van der Waals surface area contributed by atoms with Gasteiger partial charge in [0.1, 0.15) is 0 Å². The number of non-ortho nitro benzene ring substituents is 1. The molecule has 0 radical (unpaired) electrons. The molecule has 26 heavy (non-hydrogen) atoms. The summed E-state index contributed by atoms with van der Waals surface area (Å²) in [7, 11) is 0. The Labute approximate surface area is 151 Å². The number of halogens is 3. The zero-order valence-electron chi connectivity index (χ0n) is 13.8. The number of thioether (sulfide) groups is 1. The lowest BCUT2D eigenvalue weighted by Gasteiger charge is -2.16. The third kappa shape index (κ3) is 4.98. The molecule has 5 nitrogen and oxygen atoms in total. The summed E-state index contributed by atoms with van der Waals surface area (Å²) >= 11 is 1.20. The minimum atomic E-state index is -4.83. The number of amides is 1. The van der Waals surface area contributed by atoms with Crippen molar-refractivity contribution < 1.29 is 22.9 Å². The number of nitrogens with zero attached hydrogens (tertiary/aromatic N) is 1. The first-order valence-electron chi connectivity index (χ1n) is 7.48. The van der Waals surface area contributed by atoms with Crippen molar-refractivity contribution in [2.24, 2.45) is 0 Å². The molecule has 0 aromatic heterocycles. The van der Waals surface area contributed by atoms with Crippen LogP contribution in [0.2, 0.25) is 0 Å². The van der Waals surface area contributed by atoms with Crippen molar-refractivity contribution in [1.82, 2.24) is 0 Å². The van der Waals surface area contributed by atoms with Crippen LogP contribution in [0.5, 0.6) is 0 Å². The van der Waals surface area contributed by atoms with Crippen molar-refractivity contribution in [2.45, 2.75) is 30.2 Å². The number of nitrogens with one attached hydrogen (secondary N) is 1. The average Bonchev–Trinajstić information content (AvgIpc) is 2.56. The van der Waals surface area contributed by atoms with E-state index in [4.69, 9.17) is 0 Å². The molecular weight excluding hydrogens is 369 g/mol. The van der Waals surface area contributed by atoms with Gasteiger partial charge in [-0.05, 0) is 32.0 Å². The summed E-state index contributed by atoms with van der Waals surface area (Å²) in [5.74, 6) is -0.630. The van der Waals surface area contributed by atoms with Crippen molar-refractivity contribution in [2.75, 3.05) is 5.32 Å². The van der Waals surface area contributed by atoms with Gasteiger partial charge in [-0.1, -0.05) is 17.7 Å². The van der Waals surface area contributed by atoms with Crippen LogP contribution in [0, 0.1) is 17.0 Å². The number of nitro benzene ring substituents is 1. The van der Waals surface area contributed by atoms with Crippen LogP contribution in [0.25, 0.3) is 0 Å². The summed E-state index contributed by atoms with van der Waals surface area (Å²) in [6.45, 7) is 3.48. The highest BCUT2D eigenvalue weighted by Gasteiger charge is 2.36. The van der Waals surface area contributed by atoms with E-state index in [1.165, 1.54) is 11.8 Å². The Bertz CT molecular complexity index is 823. The minimum Gasteiger partial charge on any atom is -0.325 e. The van der Waals surface area contributed by atoms with Crippen molar-refractivity contribution in [1.29, 1.82) is 0 Å². The molecule has 0 unspecified atom stereocenters. The summed E-state index contributed by atoms with van der Waals surface area (Å²) in [6, 6.07) is 9.59. The topological polar surface area (TPSA) is 72.2 Å². The number of nitro groups is 1. The minimum absolute atomic E-state index is 0.410. The lowest BCUT2D eigenvalue weighted by Crippen LogP contribution is -2.24. The van der Waals surface area contributed by atoms with Crippen LogP contribution in [0.15, 0.2) is 47.4 Å². The summed E-state index contributed by atoms with van der Waals surface area (Å²) in [5, 5.41) is 12.3. The third-order valence-electron chi connectivity index (χ3n) is 3.48. The molecule has 0 saturated heterocycles. The summed E-state index contributed by atoms with van der Waals surface area (Å²) < 4.78 is 39.4. The molecule has 0 aliphatic rings. The van der Waals surface area contributed by atoms with Crippen LogP contribution in [0.1, 0.15) is 18.1 Å². The van der Waals surface area contributed by atoms with Crippen molar-refractivity contribution in [3.05, 3.63) is 63.7 Å². The lowest BCUT2D eigenvalue weighted by atomic mass is 10.1. The monoisotopic (exact) mass is 384 g/mol. The van der Waals surface area contributed by atoms with Gasteiger partial charge >= 0.3 is 6.18 Å². The van der Waals surface area contributed by atoms with Crippen LogP contribution in [-0.2, 0) is 11.0 Å². The fourth-order valence-electron chi connectivity index (χ4n) is 2.10. The van der Waals surface area contributed by atoms with Crippen molar-refractivity contribution in [3.8, 4) is 0 Å². The van der Waals surface area contributed by atoms with E-state index in [1.807, 2.05) is 31.2 Å². The molecule has 1 amide bonds. The third-order valence-corrected chi connectivity index (χ3v) is 4.59.